The van der Waals surface area contributed by atoms with Crippen molar-refractivity contribution in [3.05, 3.63) is 69.1 Å². The topological polar surface area (TPSA) is 70.2 Å². The van der Waals surface area contributed by atoms with Crippen LogP contribution in [0.1, 0.15) is 65.6 Å². The maximum absolute atomic E-state index is 13.0. The standard InChI is InChI=1S/C23H28N2O3/c1-15-12-20(26)19(13-24-15)22(28)25-11-5-6-17(14-25)21(27)16-7-9-18(10-8-16)23(2,3)4/h7-10,12-13,17H,5-6,11,14H2,1-4H3,(H,24,26)/t17-/m0/s1. The van der Waals surface area contributed by atoms with Crippen LogP contribution in [0, 0.1) is 12.8 Å². The smallest absolute Gasteiger partial charge is 0.259 e. The number of Topliss-reactive ketones (excluding diaryl/α,β-unsaturated/α-hetero) is 1. The van der Waals surface area contributed by atoms with E-state index in [0.717, 1.165) is 12.8 Å². The fourth-order valence-corrected chi connectivity index (χ4v) is 3.66. The summed E-state index contributed by atoms with van der Waals surface area (Å²) in [5.74, 6) is -0.472. The summed E-state index contributed by atoms with van der Waals surface area (Å²) in [6, 6.07) is 9.20. The number of amides is 1. The number of pyridine rings is 1. The van der Waals surface area contributed by atoms with Crippen molar-refractivity contribution in [2.75, 3.05) is 13.1 Å². The van der Waals surface area contributed by atoms with Crippen LogP contribution < -0.4 is 5.43 Å². The van der Waals surface area contributed by atoms with Gasteiger partial charge in [-0.2, -0.15) is 0 Å². The Morgan fingerprint density at radius 2 is 1.82 bits per heavy atom. The highest BCUT2D eigenvalue weighted by molar-refractivity contribution is 5.99. The van der Waals surface area contributed by atoms with E-state index in [9.17, 15) is 14.4 Å². The van der Waals surface area contributed by atoms with Gasteiger partial charge in [0.1, 0.15) is 5.56 Å². The van der Waals surface area contributed by atoms with E-state index in [0.29, 0.717) is 24.3 Å². The molecule has 0 spiro atoms. The van der Waals surface area contributed by atoms with Gasteiger partial charge in [-0.25, -0.2) is 0 Å². The zero-order valence-electron chi connectivity index (χ0n) is 17.0. The number of hydrogen-bond donors (Lipinski definition) is 1. The molecule has 5 heteroatoms. The summed E-state index contributed by atoms with van der Waals surface area (Å²) in [6.45, 7) is 9.12. The first-order valence-corrected chi connectivity index (χ1v) is 9.80. The third-order valence-electron chi connectivity index (χ3n) is 5.40. The Labute approximate surface area is 165 Å². The molecule has 1 amide bonds. The van der Waals surface area contributed by atoms with Crippen LogP contribution in [-0.2, 0) is 5.41 Å². The lowest BCUT2D eigenvalue weighted by atomic mass is 9.85. The van der Waals surface area contributed by atoms with Crippen molar-refractivity contribution in [2.24, 2.45) is 5.92 Å². The molecular weight excluding hydrogens is 352 g/mol. The minimum Gasteiger partial charge on any atom is -0.364 e. The van der Waals surface area contributed by atoms with Crippen molar-refractivity contribution in [3.8, 4) is 0 Å². The number of likely N-dealkylation sites (tertiary alicyclic amines) is 1. The van der Waals surface area contributed by atoms with E-state index >= 15 is 0 Å². The van der Waals surface area contributed by atoms with Crippen LogP contribution in [0.25, 0.3) is 0 Å². The number of piperidine rings is 1. The Morgan fingerprint density at radius 3 is 2.43 bits per heavy atom. The van der Waals surface area contributed by atoms with Crippen molar-refractivity contribution < 1.29 is 9.59 Å². The zero-order chi connectivity index (χ0) is 20.5. The van der Waals surface area contributed by atoms with E-state index in [1.165, 1.54) is 17.8 Å². The molecule has 1 aromatic carbocycles. The van der Waals surface area contributed by atoms with E-state index < -0.39 is 0 Å². The highest BCUT2D eigenvalue weighted by Gasteiger charge is 2.30. The number of aryl methyl sites for hydroxylation is 1. The summed E-state index contributed by atoms with van der Waals surface area (Å²) in [5, 5.41) is 0. The molecule has 1 aromatic heterocycles. The Morgan fingerprint density at radius 1 is 1.14 bits per heavy atom. The third kappa shape index (κ3) is 4.24. The van der Waals surface area contributed by atoms with Gasteiger partial charge < -0.3 is 9.88 Å². The Bertz CT molecular complexity index is 936. The van der Waals surface area contributed by atoms with E-state index in [1.807, 2.05) is 24.3 Å². The van der Waals surface area contributed by atoms with Gasteiger partial charge in [0.05, 0.1) is 0 Å². The molecule has 2 heterocycles. The Balaban J connectivity index is 1.74. The van der Waals surface area contributed by atoms with Crippen LogP contribution >= 0.6 is 0 Å². The van der Waals surface area contributed by atoms with Gasteiger partial charge in [-0.1, -0.05) is 45.0 Å². The second-order valence-corrected chi connectivity index (χ2v) is 8.68. The highest BCUT2D eigenvalue weighted by Crippen LogP contribution is 2.25. The van der Waals surface area contributed by atoms with Crippen LogP contribution in [0.2, 0.25) is 0 Å². The van der Waals surface area contributed by atoms with Crippen LogP contribution in [0.15, 0.2) is 41.3 Å². The predicted octanol–water partition coefficient (Wildman–Crippen LogP) is 3.72. The lowest BCUT2D eigenvalue weighted by Gasteiger charge is -2.32. The van der Waals surface area contributed by atoms with Crippen LogP contribution in [0.5, 0.6) is 0 Å². The molecule has 1 saturated heterocycles. The quantitative estimate of drug-likeness (QED) is 0.825. The van der Waals surface area contributed by atoms with E-state index in [2.05, 4.69) is 25.8 Å². The van der Waals surface area contributed by atoms with Crippen LogP contribution in [0.3, 0.4) is 0 Å². The van der Waals surface area contributed by atoms with Gasteiger partial charge in [-0.05, 0) is 30.7 Å². The van der Waals surface area contributed by atoms with Crippen molar-refractivity contribution in [1.82, 2.24) is 9.88 Å². The molecule has 1 atom stereocenters. The van der Waals surface area contributed by atoms with Gasteiger partial charge >= 0.3 is 0 Å². The molecule has 0 radical (unpaired) electrons. The van der Waals surface area contributed by atoms with Crippen LogP contribution in [-0.4, -0.2) is 34.7 Å². The van der Waals surface area contributed by atoms with Crippen molar-refractivity contribution in [3.63, 3.8) is 0 Å². The van der Waals surface area contributed by atoms with Crippen LogP contribution in [0.4, 0.5) is 0 Å². The number of rotatable bonds is 3. The molecule has 148 valence electrons. The molecule has 0 unspecified atom stereocenters. The van der Waals surface area contributed by atoms with Gasteiger partial charge in [-0.15, -0.1) is 0 Å². The average Bonchev–Trinajstić information content (AvgIpc) is 2.66. The monoisotopic (exact) mass is 380 g/mol. The molecular formula is C23H28N2O3. The number of nitrogens with zero attached hydrogens (tertiary/aromatic N) is 1. The molecule has 1 aliphatic rings. The molecule has 1 N–H and O–H groups in total. The average molecular weight is 380 g/mol. The number of benzene rings is 1. The number of nitrogens with one attached hydrogen (secondary N) is 1. The molecule has 1 aliphatic heterocycles. The van der Waals surface area contributed by atoms with Gasteiger partial charge in [-0.3, -0.25) is 14.4 Å². The van der Waals surface area contributed by atoms with Crippen molar-refractivity contribution in [2.45, 2.75) is 46.0 Å². The summed E-state index contributed by atoms with van der Waals surface area (Å²) in [5.41, 5.74) is 2.47. The van der Waals surface area contributed by atoms with E-state index in [-0.39, 0.29) is 34.0 Å². The Hall–Kier alpha value is -2.69. The number of H-pyrrole nitrogens is 1. The second-order valence-electron chi connectivity index (χ2n) is 8.68. The summed E-state index contributed by atoms with van der Waals surface area (Å²) in [7, 11) is 0. The minimum absolute atomic E-state index is 0.0384. The predicted molar refractivity (Wildman–Crippen MR) is 110 cm³/mol. The third-order valence-corrected chi connectivity index (χ3v) is 5.40. The maximum Gasteiger partial charge on any atom is 0.259 e. The van der Waals surface area contributed by atoms with Gasteiger partial charge in [0.15, 0.2) is 11.2 Å². The van der Waals surface area contributed by atoms with Crippen molar-refractivity contribution in [1.29, 1.82) is 0 Å². The SMILES string of the molecule is Cc1cc(=O)c(C(=O)N2CCC[C@H](C(=O)c3ccc(C(C)(C)C)cc3)C2)c[nH]1. The minimum atomic E-state index is -0.304. The first kappa shape index (κ1) is 20.1. The number of ketones is 1. The van der Waals surface area contributed by atoms with E-state index in [4.69, 9.17) is 0 Å². The summed E-state index contributed by atoms with van der Waals surface area (Å²) in [6.07, 6.45) is 2.98. The molecule has 1 fully saturated rings. The second kappa shape index (κ2) is 7.74. The molecule has 0 aliphatic carbocycles. The first-order chi connectivity index (χ1) is 13.2. The lowest BCUT2D eigenvalue weighted by Crippen LogP contribution is -2.43. The van der Waals surface area contributed by atoms with Gasteiger partial charge in [0.25, 0.3) is 5.91 Å². The number of carbonyl (C=O) groups is 2. The summed E-state index contributed by atoms with van der Waals surface area (Å²) < 4.78 is 0. The molecule has 5 nitrogen and oxygen atoms in total. The largest absolute Gasteiger partial charge is 0.364 e. The Kier molecular flexibility index (Phi) is 5.54. The lowest BCUT2D eigenvalue weighted by molar-refractivity contribution is 0.0635. The molecule has 2 aromatic rings. The molecule has 0 saturated carbocycles. The van der Waals surface area contributed by atoms with E-state index in [1.54, 1.807) is 11.8 Å². The highest BCUT2D eigenvalue weighted by atomic mass is 16.2. The summed E-state index contributed by atoms with van der Waals surface area (Å²) in [4.78, 5) is 42.5. The molecule has 3 rings (SSSR count). The number of aromatic amines is 1. The number of hydrogen-bond acceptors (Lipinski definition) is 3. The first-order valence-electron chi connectivity index (χ1n) is 9.80. The molecule has 28 heavy (non-hydrogen) atoms. The fourth-order valence-electron chi connectivity index (χ4n) is 3.66. The summed E-state index contributed by atoms with van der Waals surface area (Å²) >= 11 is 0. The number of carbonyl (C=O) groups excluding carboxylic acids is 2. The fraction of sp³-hybridized carbons (Fsp3) is 0.435. The molecule has 0 bridgehead atoms. The zero-order valence-corrected chi connectivity index (χ0v) is 17.0. The normalized spacial score (nSPS) is 17.4. The maximum atomic E-state index is 13.0. The van der Waals surface area contributed by atoms with Crippen molar-refractivity contribution >= 4 is 11.7 Å². The number of aromatic nitrogens is 1. The van der Waals surface area contributed by atoms with Gasteiger partial charge in [0.2, 0.25) is 0 Å². The van der Waals surface area contributed by atoms with Gasteiger partial charge in [0, 0.05) is 42.5 Å².